The third-order valence-corrected chi connectivity index (χ3v) is 2.84. The van der Waals surface area contributed by atoms with Crippen LogP contribution in [-0.4, -0.2) is 31.1 Å². The largest absolute Gasteiger partial charge is 0.466 e. The maximum absolute atomic E-state index is 11.2. The molecule has 0 N–H and O–H groups in total. The van der Waals surface area contributed by atoms with E-state index in [2.05, 4.69) is 33.0 Å². The molecule has 1 aromatic carbocycles. The number of halogens is 1. The molecule has 94 valence electrons. The Kier molecular flexibility index (Phi) is 6.22. The van der Waals surface area contributed by atoms with Crippen molar-refractivity contribution < 1.29 is 9.53 Å². The van der Waals surface area contributed by atoms with Crippen molar-refractivity contribution >= 4 is 21.9 Å². The lowest BCUT2D eigenvalue weighted by atomic mass is 10.2. The molecule has 1 rings (SSSR count). The summed E-state index contributed by atoms with van der Waals surface area (Å²) in [5.41, 5.74) is 1.23. The average molecular weight is 300 g/mol. The predicted octanol–water partition coefficient (Wildman–Crippen LogP) is 2.83. The highest BCUT2D eigenvalue weighted by molar-refractivity contribution is 9.10. The van der Waals surface area contributed by atoms with Crippen LogP contribution in [0.5, 0.6) is 0 Å². The van der Waals surface area contributed by atoms with Gasteiger partial charge in [0.15, 0.2) is 0 Å². The Morgan fingerprint density at radius 2 is 2.24 bits per heavy atom. The number of carbonyl (C=O) groups is 1. The van der Waals surface area contributed by atoms with Crippen molar-refractivity contribution in [1.29, 1.82) is 0 Å². The van der Waals surface area contributed by atoms with Crippen LogP contribution in [0.3, 0.4) is 0 Å². The second-order valence-corrected chi connectivity index (χ2v) is 4.84. The van der Waals surface area contributed by atoms with Gasteiger partial charge in [-0.25, -0.2) is 0 Å². The van der Waals surface area contributed by atoms with E-state index in [4.69, 9.17) is 4.74 Å². The summed E-state index contributed by atoms with van der Waals surface area (Å²) >= 11 is 3.44. The molecule has 0 spiro atoms. The molecule has 0 unspecified atom stereocenters. The fourth-order valence-electron chi connectivity index (χ4n) is 1.54. The van der Waals surface area contributed by atoms with Gasteiger partial charge in [-0.15, -0.1) is 0 Å². The van der Waals surface area contributed by atoms with Crippen molar-refractivity contribution in [2.75, 3.05) is 20.2 Å². The number of hydrogen-bond acceptors (Lipinski definition) is 3. The predicted molar refractivity (Wildman–Crippen MR) is 71.7 cm³/mol. The molecule has 17 heavy (non-hydrogen) atoms. The van der Waals surface area contributed by atoms with Crippen molar-refractivity contribution in [1.82, 2.24) is 4.90 Å². The van der Waals surface area contributed by atoms with E-state index in [0.717, 1.165) is 11.0 Å². The summed E-state index contributed by atoms with van der Waals surface area (Å²) in [4.78, 5) is 13.3. The van der Waals surface area contributed by atoms with E-state index in [0.29, 0.717) is 19.6 Å². The minimum atomic E-state index is -0.131. The number of esters is 1. The van der Waals surface area contributed by atoms with Crippen LogP contribution in [-0.2, 0) is 16.1 Å². The first-order valence-electron chi connectivity index (χ1n) is 5.70. The smallest absolute Gasteiger partial charge is 0.307 e. The molecule has 0 heterocycles. The molecule has 3 nitrogen and oxygen atoms in total. The molecular weight excluding hydrogens is 282 g/mol. The van der Waals surface area contributed by atoms with Gasteiger partial charge in [0.1, 0.15) is 0 Å². The number of ether oxygens (including phenoxy) is 1. The Morgan fingerprint density at radius 1 is 1.47 bits per heavy atom. The van der Waals surface area contributed by atoms with Gasteiger partial charge in [0, 0.05) is 17.6 Å². The molecule has 0 saturated carbocycles. The van der Waals surface area contributed by atoms with Gasteiger partial charge in [-0.05, 0) is 31.7 Å². The highest BCUT2D eigenvalue weighted by Gasteiger charge is 2.05. The third kappa shape index (κ3) is 5.84. The summed E-state index contributed by atoms with van der Waals surface area (Å²) in [6.45, 7) is 3.82. The lowest BCUT2D eigenvalue weighted by Gasteiger charge is -2.16. The van der Waals surface area contributed by atoms with Crippen molar-refractivity contribution in [3.8, 4) is 0 Å². The highest BCUT2D eigenvalue weighted by atomic mass is 79.9. The van der Waals surface area contributed by atoms with Crippen LogP contribution in [0.25, 0.3) is 0 Å². The zero-order chi connectivity index (χ0) is 12.7. The molecule has 1 aromatic rings. The summed E-state index contributed by atoms with van der Waals surface area (Å²) in [6, 6.07) is 8.17. The highest BCUT2D eigenvalue weighted by Crippen LogP contribution is 2.12. The normalized spacial score (nSPS) is 10.6. The van der Waals surface area contributed by atoms with Crippen LogP contribution in [0.1, 0.15) is 18.9 Å². The lowest BCUT2D eigenvalue weighted by molar-refractivity contribution is -0.143. The Balaban J connectivity index is 2.34. The molecule has 0 saturated heterocycles. The number of carbonyl (C=O) groups excluding carboxylic acids is 1. The van der Waals surface area contributed by atoms with E-state index >= 15 is 0 Å². The standard InChI is InChI=1S/C13H18BrNO2/c1-3-17-13(16)7-8-15(2)10-11-5-4-6-12(14)9-11/h4-6,9H,3,7-8,10H2,1-2H3. The first-order chi connectivity index (χ1) is 8.11. The second kappa shape index (κ2) is 7.45. The molecule has 0 radical (unpaired) electrons. The molecular formula is C13H18BrNO2. The maximum Gasteiger partial charge on any atom is 0.307 e. The molecule has 0 bridgehead atoms. The number of rotatable bonds is 6. The van der Waals surface area contributed by atoms with E-state index in [1.54, 1.807) is 0 Å². The summed E-state index contributed by atoms with van der Waals surface area (Å²) in [5, 5.41) is 0. The minimum Gasteiger partial charge on any atom is -0.466 e. The lowest BCUT2D eigenvalue weighted by Crippen LogP contribution is -2.22. The summed E-state index contributed by atoms with van der Waals surface area (Å²) in [5.74, 6) is -0.131. The van der Waals surface area contributed by atoms with Crippen LogP contribution < -0.4 is 0 Å². The molecule has 0 aromatic heterocycles. The third-order valence-electron chi connectivity index (χ3n) is 2.34. The summed E-state index contributed by atoms with van der Waals surface area (Å²) in [7, 11) is 2.00. The second-order valence-electron chi connectivity index (χ2n) is 3.92. The van der Waals surface area contributed by atoms with Crippen LogP contribution in [0.4, 0.5) is 0 Å². The van der Waals surface area contributed by atoms with Gasteiger partial charge in [-0.1, -0.05) is 28.1 Å². The summed E-state index contributed by atoms with van der Waals surface area (Å²) in [6.07, 6.45) is 0.443. The zero-order valence-corrected chi connectivity index (χ0v) is 11.9. The Morgan fingerprint density at radius 3 is 2.88 bits per heavy atom. The van der Waals surface area contributed by atoms with Gasteiger partial charge in [-0.2, -0.15) is 0 Å². The van der Waals surface area contributed by atoms with Gasteiger partial charge >= 0.3 is 5.97 Å². The van der Waals surface area contributed by atoms with Crippen molar-refractivity contribution in [3.05, 3.63) is 34.3 Å². The van der Waals surface area contributed by atoms with E-state index < -0.39 is 0 Å². The average Bonchev–Trinajstić information content (AvgIpc) is 2.27. The molecule has 0 amide bonds. The van der Waals surface area contributed by atoms with Crippen LogP contribution in [0, 0.1) is 0 Å². The van der Waals surface area contributed by atoms with Crippen LogP contribution >= 0.6 is 15.9 Å². The maximum atomic E-state index is 11.2. The van der Waals surface area contributed by atoms with Crippen molar-refractivity contribution in [2.24, 2.45) is 0 Å². The topological polar surface area (TPSA) is 29.5 Å². The number of hydrogen-bond donors (Lipinski definition) is 0. The van der Waals surface area contributed by atoms with Crippen molar-refractivity contribution in [3.63, 3.8) is 0 Å². The van der Waals surface area contributed by atoms with Gasteiger partial charge in [0.25, 0.3) is 0 Å². The fourth-order valence-corrected chi connectivity index (χ4v) is 1.99. The minimum absolute atomic E-state index is 0.131. The van der Waals surface area contributed by atoms with Crippen molar-refractivity contribution in [2.45, 2.75) is 19.9 Å². The van der Waals surface area contributed by atoms with Gasteiger partial charge in [-0.3, -0.25) is 4.79 Å². The van der Waals surface area contributed by atoms with Crippen LogP contribution in [0.2, 0.25) is 0 Å². The van der Waals surface area contributed by atoms with Crippen LogP contribution in [0.15, 0.2) is 28.7 Å². The fraction of sp³-hybridized carbons (Fsp3) is 0.462. The SMILES string of the molecule is CCOC(=O)CCN(C)Cc1cccc(Br)c1. The van der Waals surface area contributed by atoms with Gasteiger partial charge in [0.2, 0.25) is 0 Å². The van der Waals surface area contributed by atoms with E-state index in [1.807, 2.05) is 26.1 Å². The van der Waals surface area contributed by atoms with E-state index in [-0.39, 0.29) is 5.97 Å². The Hall–Kier alpha value is -0.870. The summed E-state index contributed by atoms with van der Waals surface area (Å²) < 4.78 is 5.97. The quantitative estimate of drug-likeness (QED) is 0.757. The molecule has 4 heteroatoms. The Labute approximate surface area is 111 Å². The molecule has 0 aliphatic carbocycles. The van der Waals surface area contributed by atoms with E-state index in [1.165, 1.54) is 5.56 Å². The zero-order valence-electron chi connectivity index (χ0n) is 10.3. The first kappa shape index (κ1) is 14.2. The number of benzene rings is 1. The number of nitrogens with zero attached hydrogens (tertiary/aromatic N) is 1. The Bertz CT molecular complexity index is 368. The first-order valence-corrected chi connectivity index (χ1v) is 6.49. The monoisotopic (exact) mass is 299 g/mol. The molecule has 0 aliphatic rings. The van der Waals surface area contributed by atoms with E-state index in [9.17, 15) is 4.79 Å². The molecule has 0 atom stereocenters. The molecule has 0 aliphatic heterocycles. The molecule has 0 fully saturated rings. The van der Waals surface area contributed by atoms with Gasteiger partial charge < -0.3 is 9.64 Å². The van der Waals surface area contributed by atoms with Gasteiger partial charge in [0.05, 0.1) is 13.0 Å².